The van der Waals surface area contributed by atoms with Gasteiger partial charge in [-0.2, -0.15) is 11.8 Å². The van der Waals surface area contributed by atoms with Gasteiger partial charge in [-0.05, 0) is 18.6 Å². The molecule has 0 unspecified atom stereocenters. The highest BCUT2D eigenvalue weighted by molar-refractivity contribution is 7.98. The molecule has 2 heterocycles. The molecule has 1 aromatic carbocycles. The average molecular weight is 289 g/mol. The van der Waals surface area contributed by atoms with E-state index in [0.29, 0.717) is 5.82 Å². The van der Waals surface area contributed by atoms with E-state index in [1.54, 1.807) is 6.07 Å². The molecule has 0 radical (unpaired) electrons. The minimum absolute atomic E-state index is 0.260. The van der Waals surface area contributed by atoms with Crippen LogP contribution < -0.4 is 5.32 Å². The van der Waals surface area contributed by atoms with Crippen LogP contribution in [0, 0.1) is 5.82 Å². The molecule has 1 aliphatic heterocycles. The predicted molar refractivity (Wildman–Crippen MR) is 81.2 cm³/mol. The highest BCUT2D eigenvalue weighted by atomic mass is 32.2. The van der Waals surface area contributed by atoms with Crippen molar-refractivity contribution in [2.75, 3.05) is 11.9 Å². The van der Waals surface area contributed by atoms with Crippen molar-refractivity contribution in [1.82, 2.24) is 9.97 Å². The molecule has 5 heteroatoms. The molecule has 3 nitrogen and oxygen atoms in total. The quantitative estimate of drug-likeness (QED) is 0.927. The molecule has 20 heavy (non-hydrogen) atoms. The number of benzene rings is 1. The van der Waals surface area contributed by atoms with Gasteiger partial charge in [0.05, 0.1) is 5.69 Å². The summed E-state index contributed by atoms with van der Waals surface area (Å²) < 4.78 is 13.4. The van der Waals surface area contributed by atoms with Gasteiger partial charge in [-0.15, -0.1) is 0 Å². The Balaban J connectivity index is 2.04. The number of fused-ring (bicyclic) bond motifs is 1. The largest absolute Gasteiger partial charge is 0.370 e. The van der Waals surface area contributed by atoms with Crippen molar-refractivity contribution < 1.29 is 4.39 Å². The van der Waals surface area contributed by atoms with Crippen LogP contribution in [0.1, 0.15) is 24.6 Å². The lowest BCUT2D eigenvalue weighted by Gasteiger charge is -2.11. The van der Waals surface area contributed by atoms with E-state index in [9.17, 15) is 4.39 Å². The number of rotatable bonds is 4. The molecule has 0 spiro atoms. The van der Waals surface area contributed by atoms with Gasteiger partial charge in [-0.1, -0.05) is 19.1 Å². The van der Waals surface area contributed by atoms with E-state index in [-0.39, 0.29) is 5.82 Å². The number of anilines is 1. The van der Waals surface area contributed by atoms with E-state index in [1.165, 1.54) is 17.7 Å². The van der Waals surface area contributed by atoms with Crippen molar-refractivity contribution >= 4 is 17.6 Å². The first-order valence-electron chi connectivity index (χ1n) is 6.75. The smallest absolute Gasteiger partial charge is 0.161 e. The number of aromatic nitrogens is 2. The lowest BCUT2D eigenvalue weighted by atomic mass is 10.2. The SMILES string of the molecule is CCCNc1nc(-c2cccc(F)c2)nc2c1CSC2. The Bertz CT molecular complexity index is 631. The second-order valence-electron chi connectivity index (χ2n) is 4.75. The summed E-state index contributed by atoms with van der Waals surface area (Å²) in [6.45, 7) is 3.01. The molecule has 0 saturated heterocycles. The van der Waals surface area contributed by atoms with Crippen LogP contribution in [-0.4, -0.2) is 16.5 Å². The van der Waals surface area contributed by atoms with Gasteiger partial charge < -0.3 is 5.32 Å². The van der Waals surface area contributed by atoms with Crippen LogP contribution >= 0.6 is 11.8 Å². The molecule has 2 aromatic rings. The minimum atomic E-state index is -0.260. The zero-order valence-corrected chi connectivity index (χ0v) is 12.1. The van der Waals surface area contributed by atoms with Crippen LogP contribution in [0.25, 0.3) is 11.4 Å². The number of nitrogens with one attached hydrogen (secondary N) is 1. The summed E-state index contributed by atoms with van der Waals surface area (Å²) in [7, 11) is 0. The summed E-state index contributed by atoms with van der Waals surface area (Å²) in [6, 6.07) is 6.45. The van der Waals surface area contributed by atoms with Crippen LogP contribution in [0.5, 0.6) is 0 Å². The van der Waals surface area contributed by atoms with Gasteiger partial charge in [-0.3, -0.25) is 0 Å². The fourth-order valence-electron chi connectivity index (χ4n) is 2.20. The van der Waals surface area contributed by atoms with E-state index in [1.807, 2.05) is 17.8 Å². The van der Waals surface area contributed by atoms with Gasteiger partial charge in [-0.25, -0.2) is 14.4 Å². The van der Waals surface area contributed by atoms with E-state index < -0.39 is 0 Å². The summed E-state index contributed by atoms with van der Waals surface area (Å²) in [5, 5.41) is 3.36. The predicted octanol–water partition coefficient (Wildman–Crippen LogP) is 3.85. The summed E-state index contributed by atoms with van der Waals surface area (Å²) in [4.78, 5) is 9.19. The number of nitrogens with zero attached hydrogens (tertiary/aromatic N) is 2. The molecule has 1 aromatic heterocycles. The Hall–Kier alpha value is -1.62. The fourth-order valence-corrected chi connectivity index (χ4v) is 3.24. The molecule has 0 aliphatic carbocycles. The molecule has 104 valence electrons. The van der Waals surface area contributed by atoms with Gasteiger partial charge in [0.1, 0.15) is 11.6 Å². The number of hydrogen-bond acceptors (Lipinski definition) is 4. The van der Waals surface area contributed by atoms with E-state index in [4.69, 9.17) is 0 Å². The van der Waals surface area contributed by atoms with Crippen LogP contribution in [0.3, 0.4) is 0 Å². The Kier molecular flexibility index (Phi) is 3.87. The second kappa shape index (κ2) is 5.79. The lowest BCUT2D eigenvalue weighted by Crippen LogP contribution is -2.08. The summed E-state index contributed by atoms with van der Waals surface area (Å²) >= 11 is 1.84. The van der Waals surface area contributed by atoms with Gasteiger partial charge in [0.25, 0.3) is 0 Å². The molecule has 0 amide bonds. The lowest BCUT2D eigenvalue weighted by molar-refractivity contribution is 0.628. The third-order valence-electron chi connectivity index (χ3n) is 3.20. The van der Waals surface area contributed by atoms with Gasteiger partial charge in [0.2, 0.25) is 0 Å². The zero-order chi connectivity index (χ0) is 13.9. The van der Waals surface area contributed by atoms with Crippen LogP contribution in [-0.2, 0) is 11.5 Å². The molecule has 1 N–H and O–H groups in total. The van der Waals surface area contributed by atoms with Crippen molar-refractivity contribution in [3.8, 4) is 11.4 Å². The molecule has 1 aliphatic rings. The topological polar surface area (TPSA) is 37.8 Å². The zero-order valence-electron chi connectivity index (χ0n) is 11.3. The fraction of sp³-hybridized carbons (Fsp3) is 0.333. The van der Waals surface area contributed by atoms with Crippen molar-refractivity contribution in [2.24, 2.45) is 0 Å². The first kappa shape index (κ1) is 13.4. The maximum absolute atomic E-state index is 13.4. The summed E-state index contributed by atoms with van der Waals surface area (Å²) in [5.74, 6) is 3.10. The maximum Gasteiger partial charge on any atom is 0.161 e. The second-order valence-corrected chi connectivity index (χ2v) is 5.74. The first-order chi connectivity index (χ1) is 9.78. The number of halogens is 1. The van der Waals surface area contributed by atoms with E-state index in [0.717, 1.165) is 41.5 Å². The summed E-state index contributed by atoms with van der Waals surface area (Å²) in [5.41, 5.74) is 3.00. The highest BCUT2D eigenvalue weighted by Gasteiger charge is 2.20. The van der Waals surface area contributed by atoms with Crippen LogP contribution in [0.2, 0.25) is 0 Å². The number of hydrogen-bond donors (Lipinski definition) is 1. The molecule has 0 saturated carbocycles. The average Bonchev–Trinajstić information content (AvgIpc) is 2.93. The minimum Gasteiger partial charge on any atom is -0.370 e. The van der Waals surface area contributed by atoms with Crippen LogP contribution in [0.4, 0.5) is 10.2 Å². The molecular weight excluding hydrogens is 273 g/mol. The van der Waals surface area contributed by atoms with Crippen LogP contribution in [0.15, 0.2) is 24.3 Å². The van der Waals surface area contributed by atoms with Crippen molar-refractivity contribution in [2.45, 2.75) is 24.9 Å². The van der Waals surface area contributed by atoms with Gasteiger partial charge in [0, 0.05) is 29.2 Å². The van der Waals surface area contributed by atoms with Gasteiger partial charge in [0.15, 0.2) is 5.82 Å². The third-order valence-corrected chi connectivity index (χ3v) is 4.17. The standard InChI is InChI=1S/C15H16FN3S/c1-2-6-17-15-12-8-20-9-13(12)18-14(19-15)10-4-3-5-11(16)7-10/h3-5,7H,2,6,8-9H2,1H3,(H,17,18,19). The highest BCUT2D eigenvalue weighted by Crippen LogP contribution is 2.34. The molecule has 0 atom stereocenters. The van der Waals surface area contributed by atoms with E-state index in [2.05, 4.69) is 22.2 Å². The Morgan fingerprint density at radius 2 is 2.20 bits per heavy atom. The first-order valence-corrected chi connectivity index (χ1v) is 7.90. The Morgan fingerprint density at radius 1 is 1.30 bits per heavy atom. The molecule has 3 rings (SSSR count). The van der Waals surface area contributed by atoms with E-state index >= 15 is 0 Å². The van der Waals surface area contributed by atoms with Crippen molar-refractivity contribution in [1.29, 1.82) is 0 Å². The number of thioether (sulfide) groups is 1. The third kappa shape index (κ3) is 2.63. The van der Waals surface area contributed by atoms with Crippen molar-refractivity contribution in [3.63, 3.8) is 0 Å². The van der Waals surface area contributed by atoms with Crippen molar-refractivity contribution in [3.05, 3.63) is 41.3 Å². The molecule has 0 fully saturated rings. The molecule has 0 bridgehead atoms. The Labute approximate surface area is 122 Å². The normalized spacial score (nSPS) is 13.3. The maximum atomic E-state index is 13.4. The monoisotopic (exact) mass is 289 g/mol. The van der Waals surface area contributed by atoms with Gasteiger partial charge >= 0.3 is 0 Å². The summed E-state index contributed by atoms with van der Waals surface area (Å²) in [6.07, 6.45) is 1.04. The Morgan fingerprint density at radius 3 is 3.00 bits per heavy atom. The molecular formula is C15H16FN3S.